The molecular weight excluding hydrogens is 256 g/mol. The monoisotopic (exact) mass is 276 g/mol. The van der Waals surface area contributed by atoms with Gasteiger partial charge in [-0.05, 0) is 36.1 Å². The predicted octanol–water partition coefficient (Wildman–Crippen LogP) is 2.80. The minimum atomic E-state index is -0.490. The molecule has 0 saturated carbocycles. The summed E-state index contributed by atoms with van der Waals surface area (Å²) in [6.07, 6.45) is 0.733. The van der Waals surface area contributed by atoms with Gasteiger partial charge in [0.2, 0.25) is 5.91 Å². The summed E-state index contributed by atoms with van der Waals surface area (Å²) in [6.45, 7) is 4.90. The summed E-state index contributed by atoms with van der Waals surface area (Å²) in [5, 5.41) is 2.64. The lowest BCUT2D eigenvalue weighted by atomic mass is 9.99. The first-order chi connectivity index (χ1) is 9.51. The lowest BCUT2D eigenvalue weighted by molar-refractivity contribution is -0.119. The molecule has 1 heterocycles. The van der Waals surface area contributed by atoms with Gasteiger partial charge in [-0.2, -0.15) is 0 Å². The van der Waals surface area contributed by atoms with E-state index in [-0.39, 0.29) is 5.91 Å². The minimum Gasteiger partial charge on any atom is -0.453 e. The first-order valence-electron chi connectivity index (χ1n) is 6.79. The lowest BCUT2D eigenvalue weighted by Gasteiger charge is -2.31. The van der Waals surface area contributed by atoms with Crippen LogP contribution in [0.4, 0.5) is 16.2 Å². The van der Waals surface area contributed by atoms with Crippen LogP contribution in [0.25, 0.3) is 0 Å². The molecule has 0 spiro atoms. The average molecular weight is 276 g/mol. The number of ether oxygens (including phenoxy) is 1. The van der Waals surface area contributed by atoms with E-state index in [1.165, 1.54) is 7.11 Å². The third kappa shape index (κ3) is 3.10. The number of hydrogen-bond donors (Lipinski definition) is 1. The Morgan fingerprint density at radius 3 is 2.80 bits per heavy atom. The van der Waals surface area contributed by atoms with E-state index in [0.717, 1.165) is 17.8 Å². The van der Waals surface area contributed by atoms with Gasteiger partial charge in [-0.1, -0.05) is 13.8 Å². The number of anilines is 2. The standard InChI is InChI=1S/C15H20N2O3/c1-10(2)9-17-13-6-5-12(16-15(19)20-3)8-11(13)4-7-14(17)18/h5-6,8,10H,4,7,9H2,1-3H3,(H,16,19). The second-order valence-corrected chi connectivity index (χ2v) is 5.36. The number of rotatable bonds is 3. The molecule has 0 atom stereocenters. The topological polar surface area (TPSA) is 58.6 Å². The van der Waals surface area contributed by atoms with E-state index in [0.29, 0.717) is 24.4 Å². The maximum atomic E-state index is 12.0. The number of aryl methyl sites for hydroxylation is 1. The van der Waals surface area contributed by atoms with Crippen LogP contribution in [0.15, 0.2) is 18.2 Å². The molecule has 1 aromatic rings. The fourth-order valence-corrected chi connectivity index (χ4v) is 2.37. The zero-order valence-electron chi connectivity index (χ0n) is 12.1. The van der Waals surface area contributed by atoms with Crippen LogP contribution in [-0.2, 0) is 16.0 Å². The van der Waals surface area contributed by atoms with Crippen LogP contribution in [0, 0.1) is 5.92 Å². The predicted molar refractivity (Wildman–Crippen MR) is 78.0 cm³/mol. The van der Waals surface area contributed by atoms with Gasteiger partial charge in [0, 0.05) is 24.3 Å². The molecule has 0 saturated heterocycles. The maximum absolute atomic E-state index is 12.0. The fourth-order valence-electron chi connectivity index (χ4n) is 2.37. The van der Waals surface area contributed by atoms with E-state index >= 15 is 0 Å². The molecular formula is C15H20N2O3. The van der Waals surface area contributed by atoms with Gasteiger partial charge in [0.15, 0.2) is 0 Å². The van der Waals surface area contributed by atoms with Crippen molar-refractivity contribution >= 4 is 23.4 Å². The van der Waals surface area contributed by atoms with E-state index < -0.39 is 6.09 Å². The van der Waals surface area contributed by atoms with Gasteiger partial charge in [0.1, 0.15) is 0 Å². The molecule has 5 nitrogen and oxygen atoms in total. The van der Waals surface area contributed by atoms with Crippen molar-refractivity contribution in [3.05, 3.63) is 23.8 Å². The Morgan fingerprint density at radius 2 is 2.15 bits per heavy atom. The van der Waals surface area contributed by atoms with Crippen molar-refractivity contribution in [1.29, 1.82) is 0 Å². The number of carbonyl (C=O) groups excluding carboxylic acids is 2. The zero-order valence-corrected chi connectivity index (χ0v) is 12.1. The molecule has 0 aliphatic carbocycles. The smallest absolute Gasteiger partial charge is 0.411 e. The summed E-state index contributed by atoms with van der Waals surface area (Å²) in [4.78, 5) is 25.1. The van der Waals surface area contributed by atoms with Crippen molar-refractivity contribution in [2.24, 2.45) is 5.92 Å². The van der Waals surface area contributed by atoms with Crippen LogP contribution in [0.5, 0.6) is 0 Å². The quantitative estimate of drug-likeness (QED) is 0.923. The van der Waals surface area contributed by atoms with E-state index in [1.807, 2.05) is 17.0 Å². The van der Waals surface area contributed by atoms with Gasteiger partial charge >= 0.3 is 6.09 Å². The van der Waals surface area contributed by atoms with Crippen molar-refractivity contribution in [2.75, 3.05) is 23.9 Å². The number of methoxy groups -OCH3 is 1. The van der Waals surface area contributed by atoms with E-state index in [9.17, 15) is 9.59 Å². The van der Waals surface area contributed by atoms with Crippen LogP contribution < -0.4 is 10.2 Å². The molecule has 0 aromatic heterocycles. The van der Waals surface area contributed by atoms with Crippen molar-refractivity contribution in [2.45, 2.75) is 26.7 Å². The number of nitrogens with zero attached hydrogens (tertiary/aromatic N) is 1. The van der Waals surface area contributed by atoms with Gasteiger partial charge in [-0.25, -0.2) is 4.79 Å². The van der Waals surface area contributed by atoms with Crippen molar-refractivity contribution < 1.29 is 14.3 Å². The van der Waals surface area contributed by atoms with E-state index in [2.05, 4.69) is 23.9 Å². The highest BCUT2D eigenvalue weighted by Gasteiger charge is 2.24. The fraction of sp³-hybridized carbons (Fsp3) is 0.467. The molecule has 0 unspecified atom stereocenters. The van der Waals surface area contributed by atoms with Gasteiger partial charge < -0.3 is 9.64 Å². The Labute approximate surface area is 118 Å². The second kappa shape index (κ2) is 5.94. The molecule has 108 valence electrons. The van der Waals surface area contributed by atoms with Crippen molar-refractivity contribution in [3.8, 4) is 0 Å². The third-order valence-electron chi connectivity index (χ3n) is 3.26. The van der Waals surface area contributed by atoms with Crippen molar-refractivity contribution in [1.82, 2.24) is 0 Å². The number of fused-ring (bicyclic) bond motifs is 1. The molecule has 1 aliphatic rings. The third-order valence-corrected chi connectivity index (χ3v) is 3.26. The van der Waals surface area contributed by atoms with Crippen LogP contribution >= 0.6 is 0 Å². The molecule has 1 N–H and O–H groups in total. The molecule has 0 radical (unpaired) electrons. The highest BCUT2D eigenvalue weighted by molar-refractivity contribution is 5.97. The Balaban J connectivity index is 2.26. The van der Waals surface area contributed by atoms with Crippen LogP contribution in [0.1, 0.15) is 25.8 Å². The summed E-state index contributed by atoms with van der Waals surface area (Å²) >= 11 is 0. The Bertz CT molecular complexity index is 526. The number of amides is 2. The summed E-state index contributed by atoms with van der Waals surface area (Å²) in [5.74, 6) is 0.581. The van der Waals surface area contributed by atoms with Crippen molar-refractivity contribution in [3.63, 3.8) is 0 Å². The lowest BCUT2D eigenvalue weighted by Crippen LogP contribution is -2.37. The summed E-state index contributed by atoms with van der Waals surface area (Å²) in [5.41, 5.74) is 2.72. The van der Waals surface area contributed by atoms with Crippen LogP contribution in [0.3, 0.4) is 0 Å². The average Bonchev–Trinajstić information content (AvgIpc) is 2.41. The maximum Gasteiger partial charge on any atom is 0.411 e. The SMILES string of the molecule is COC(=O)Nc1ccc2c(c1)CCC(=O)N2CC(C)C. The molecule has 0 bridgehead atoms. The first kappa shape index (κ1) is 14.4. The first-order valence-corrected chi connectivity index (χ1v) is 6.79. The number of hydrogen-bond acceptors (Lipinski definition) is 3. The normalized spacial score (nSPS) is 14.2. The Morgan fingerprint density at radius 1 is 1.40 bits per heavy atom. The molecule has 2 amide bonds. The molecule has 20 heavy (non-hydrogen) atoms. The Kier molecular flexibility index (Phi) is 4.27. The molecule has 2 rings (SSSR count). The van der Waals surface area contributed by atoms with Crippen LogP contribution in [0.2, 0.25) is 0 Å². The van der Waals surface area contributed by atoms with Crippen LogP contribution in [-0.4, -0.2) is 25.7 Å². The summed E-state index contributed by atoms with van der Waals surface area (Å²) in [6, 6.07) is 5.59. The summed E-state index contributed by atoms with van der Waals surface area (Å²) < 4.78 is 4.57. The molecule has 0 fully saturated rings. The second-order valence-electron chi connectivity index (χ2n) is 5.36. The zero-order chi connectivity index (χ0) is 14.7. The highest BCUT2D eigenvalue weighted by atomic mass is 16.5. The van der Waals surface area contributed by atoms with Gasteiger partial charge in [0.05, 0.1) is 7.11 Å². The van der Waals surface area contributed by atoms with Gasteiger partial charge in [0.25, 0.3) is 0 Å². The summed E-state index contributed by atoms with van der Waals surface area (Å²) in [7, 11) is 1.33. The largest absolute Gasteiger partial charge is 0.453 e. The highest BCUT2D eigenvalue weighted by Crippen LogP contribution is 2.30. The van der Waals surface area contributed by atoms with E-state index in [4.69, 9.17) is 0 Å². The number of nitrogens with one attached hydrogen (secondary N) is 1. The number of benzene rings is 1. The Hall–Kier alpha value is -2.04. The molecule has 5 heteroatoms. The minimum absolute atomic E-state index is 0.167. The number of carbonyl (C=O) groups is 2. The van der Waals surface area contributed by atoms with Gasteiger partial charge in [-0.15, -0.1) is 0 Å². The molecule has 1 aromatic carbocycles. The van der Waals surface area contributed by atoms with Gasteiger partial charge in [-0.3, -0.25) is 10.1 Å². The van der Waals surface area contributed by atoms with E-state index in [1.54, 1.807) is 6.07 Å². The molecule has 1 aliphatic heterocycles.